The van der Waals surface area contributed by atoms with E-state index in [9.17, 15) is 22.8 Å². The van der Waals surface area contributed by atoms with Crippen LogP contribution in [0.1, 0.15) is 77.0 Å². The van der Waals surface area contributed by atoms with Gasteiger partial charge in [0.05, 0.1) is 5.56 Å². The highest BCUT2D eigenvalue weighted by Gasteiger charge is 2.40. The minimum atomic E-state index is -4.35. The number of likely N-dealkylation sites (tertiary alicyclic amines) is 1. The van der Waals surface area contributed by atoms with Crippen LogP contribution in [-0.2, 0) is 11.0 Å². The van der Waals surface area contributed by atoms with Crippen LogP contribution in [0.5, 0.6) is 0 Å². The molecule has 9 heteroatoms. The van der Waals surface area contributed by atoms with Gasteiger partial charge in [0.25, 0.3) is 0 Å². The van der Waals surface area contributed by atoms with Gasteiger partial charge in [0.1, 0.15) is 0 Å². The Balaban J connectivity index is 1.71. The van der Waals surface area contributed by atoms with Crippen molar-refractivity contribution in [3.63, 3.8) is 0 Å². The number of nitrogens with two attached hydrogens (primary N) is 1. The Morgan fingerprint density at radius 3 is 2.14 bits per heavy atom. The standard InChI is InChI=1S/C27H41F3N4O2/c1-5-6-22(20-7-9-21(10-8-20)27(28,29)30)33-15-16-34(23(18-33)26(2,3)4)24(35)17-19-11-13-32(14-12-19)25(31)36/h7-10,19,22-23H,5-6,11-18H2,1-4H3,(H2,31,36)/t22?,23-/m1/s1. The molecule has 0 saturated carbocycles. The van der Waals surface area contributed by atoms with E-state index in [0.29, 0.717) is 39.1 Å². The molecular formula is C27H41F3N4O2. The van der Waals surface area contributed by atoms with E-state index in [2.05, 4.69) is 32.6 Å². The predicted octanol–water partition coefficient (Wildman–Crippen LogP) is 5.29. The lowest BCUT2D eigenvalue weighted by Gasteiger charge is -2.50. The van der Waals surface area contributed by atoms with Crippen molar-refractivity contribution in [2.75, 3.05) is 32.7 Å². The van der Waals surface area contributed by atoms with E-state index >= 15 is 0 Å². The molecule has 36 heavy (non-hydrogen) atoms. The summed E-state index contributed by atoms with van der Waals surface area (Å²) in [5.41, 5.74) is 5.48. The van der Waals surface area contributed by atoms with Crippen molar-refractivity contribution < 1.29 is 22.8 Å². The number of carbonyl (C=O) groups excluding carboxylic acids is 2. The molecule has 2 saturated heterocycles. The zero-order valence-electron chi connectivity index (χ0n) is 22.0. The second kappa shape index (κ2) is 11.4. The molecule has 2 N–H and O–H groups in total. The van der Waals surface area contributed by atoms with Gasteiger partial charge in [-0.1, -0.05) is 46.2 Å². The predicted molar refractivity (Wildman–Crippen MR) is 134 cm³/mol. The first-order valence-corrected chi connectivity index (χ1v) is 13.1. The van der Waals surface area contributed by atoms with Crippen LogP contribution < -0.4 is 5.73 Å². The van der Waals surface area contributed by atoms with Gasteiger partial charge in [-0.2, -0.15) is 13.2 Å². The molecule has 2 atom stereocenters. The van der Waals surface area contributed by atoms with Crippen LogP contribution in [-0.4, -0.2) is 65.4 Å². The molecular weight excluding hydrogens is 469 g/mol. The third-order valence-corrected chi connectivity index (χ3v) is 7.75. The minimum absolute atomic E-state index is 0.00161. The molecule has 2 fully saturated rings. The number of benzene rings is 1. The highest BCUT2D eigenvalue weighted by molar-refractivity contribution is 5.77. The molecule has 1 unspecified atom stereocenters. The van der Waals surface area contributed by atoms with Crippen molar-refractivity contribution in [3.8, 4) is 0 Å². The van der Waals surface area contributed by atoms with E-state index in [-0.39, 0.29) is 29.3 Å². The van der Waals surface area contributed by atoms with Gasteiger partial charge >= 0.3 is 12.2 Å². The maximum atomic E-state index is 13.4. The van der Waals surface area contributed by atoms with Gasteiger partial charge in [0, 0.05) is 51.2 Å². The summed E-state index contributed by atoms with van der Waals surface area (Å²) in [6, 6.07) is 5.15. The zero-order chi connectivity index (χ0) is 26.7. The molecule has 3 rings (SSSR count). The highest BCUT2D eigenvalue weighted by Crippen LogP contribution is 2.36. The summed E-state index contributed by atoms with van der Waals surface area (Å²) in [4.78, 5) is 30.8. The molecule has 0 radical (unpaired) electrons. The number of carbonyl (C=O) groups is 2. The summed E-state index contributed by atoms with van der Waals surface area (Å²) in [6.45, 7) is 11.7. The largest absolute Gasteiger partial charge is 0.416 e. The highest BCUT2D eigenvalue weighted by atomic mass is 19.4. The lowest BCUT2D eigenvalue weighted by atomic mass is 9.82. The molecule has 1 aromatic rings. The number of piperazine rings is 1. The first kappa shape index (κ1) is 28.3. The van der Waals surface area contributed by atoms with Gasteiger partial charge in [0.2, 0.25) is 5.91 Å². The minimum Gasteiger partial charge on any atom is -0.351 e. The van der Waals surface area contributed by atoms with Crippen molar-refractivity contribution in [1.29, 1.82) is 0 Å². The molecule has 0 bridgehead atoms. The lowest BCUT2D eigenvalue weighted by Crippen LogP contribution is -2.60. The van der Waals surface area contributed by atoms with Gasteiger partial charge in [-0.05, 0) is 48.3 Å². The smallest absolute Gasteiger partial charge is 0.351 e. The summed E-state index contributed by atoms with van der Waals surface area (Å²) >= 11 is 0. The van der Waals surface area contributed by atoms with Crippen molar-refractivity contribution in [2.45, 2.75) is 78.1 Å². The summed E-state index contributed by atoms with van der Waals surface area (Å²) in [5.74, 6) is 0.389. The Morgan fingerprint density at radius 1 is 1.03 bits per heavy atom. The SMILES string of the molecule is CCCC(c1ccc(C(F)(F)F)cc1)N1CCN(C(=O)CC2CCN(C(N)=O)CC2)[C@@H](C(C)(C)C)C1. The van der Waals surface area contributed by atoms with Gasteiger partial charge in [-0.25, -0.2) is 4.79 Å². The van der Waals surface area contributed by atoms with Gasteiger partial charge in [-0.15, -0.1) is 0 Å². The number of primary amides is 1. The average molecular weight is 511 g/mol. The number of nitrogens with zero attached hydrogens (tertiary/aromatic N) is 3. The van der Waals surface area contributed by atoms with Crippen LogP contribution in [0, 0.1) is 11.3 Å². The Hall–Kier alpha value is -2.29. The summed E-state index contributed by atoms with van der Waals surface area (Å²) in [6.07, 6.45) is -0.568. The van der Waals surface area contributed by atoms with Crippen LogP contribution in [0.4, 0.5) is 18.0 Å². The average Bonchev–Trinajstić information content (AvgIpc) is 2.81. The van der Waals surface area contributed by atoms with E-state index in [1.165, 1.54) is 12.1 Å². The number of urea groups is 1. The molecule has 0 spiro atoms. The van der Waals surface area contributed by atoms with Crippen molar-refractivity contribution >= 4 is 11.9 Å². The second-order valence-electron chi connectivity index (χ2n) is 11.4. The Labute approximate surface area is 213 Å². The van der Waals surface area contributed by atoms with Gasteiger partial charge < -0.3 is 15.5 Å². The van der Waals surface area contributed by atoms with Crippen LogP contribution in [0.25, 0.3) is 0 Å². The zero-order valence-corrected chi connectivity index (χ0v) is 22.0. The molecule has 1 aromatic carbocycles. The first-order chi connectivity index (χ1) is 16.8. The number of piperidine rings is 1. The number of halogens is 3. The van der Waals surface area contributed by atoms with Crippen molar-refractivity contribution in [2.24, 2.45) is 17.1 Å². The van der Waals surface area contributed by atoms with E-state index in [1.54, 1.807) is 17.0 Å². The lowest BCUT2D eigenvalue weighted by molar-refractivity contribution is -0.141. The van der Waals surface area contributed by atoms with E-state index < -0.39 is 17.8 Å². The quantitative estimate of drug-likeness (QED) is 0.566. The fraction of sp³-hybridized carbons (Fsp3) is 0.704. The Bertz CT molecular complexity index is 890. The Kier molecular flexibility index (Phi) is 8.96. The monoisotopic (exact) mass is 510 g/mol. The third kappa shape index (κ3) is 6.93. The topological polar surface area (TPSA) is 69.9 Å². The first-order valence-electron chi connectivity index (χ1n) is 13.1. The maximum absolute atomic E-state index is 13.4. The number of alkyl halides is 3. The molecule has 3 amide bonds. The van der Waals surface area contributed by atoms with Crippen LogP contribution in [0.3, 0.4) is 0 Å². The fourth-order valence-electron chi connectivity index (χ4n) is 5.58. The third-order valence-electron chi connectivity index (χ3n) is 7.75. The molecule has 6 nitrogen and oxygen atoms in total. The van der Waals surface area contributed by atoms with Gasteiger partial charge in [0.15, 0.2) is 0 Å². The van der Waals surface area contributed by atoms with Crippen LogP contribution >= 0.6 is 0 Å². The molecule has 0 aromatic heterocycles. The summed E-state index contributed by atoms with van der Waals surface area (Å²) in [5, 5.41) is 0. The van der Waals surface area contributed by atoms with Crippen LogP contribution in [0.15, 0.2) is 24.3 Å². The number of rotatable bonds is 6. The van der Waals surface area contributed by atoms with Crippen molar-refractivity contribution in [1.82, 2.24) is 14.7 Å². The van der Waals surface area contributed by atoms with E-state index in [1.807, 2.05) is 4.90 Å². The molecule has 2 heterocycles. The number of hydrogen-bond acceptors (Lipinski definition) is 3. The molecule has 2 aliphatic heterocycles. The van der Waals surface area contributed by atoms with Crippen LogP contribution in [0.2, 0.25) is 0 Å². The van der Waals surface area contributed by atoms with Gasteiger partial charge in [-0.3, -0.25) is 9.69 Å². The summed E-state index contributed by atoms with van der Waals surface area (Å²) in [7, 11) is 0. The van der Waals surface area contributed by atoms with E-state index in [4.69, 9.17) is 5.73 Å². The Morgan fingerprint density at radius 2 is 1.64 bits per heavy atom. The molecule has 202 valence electrons. The fourth-order valence-corrected chi connectivity index (χ4v) is 5.58. The molecule has 0 aliphatic carbocycles. The maximum Gasteiger partial charge on any atom is 0.416 e. The normalized spacial score (nSPS) is 21.5. The van der Waals surface area contributed by atoms with E-state index in [0.717, 1.165) is 31.2 Å². The molecule has 2 aliphatic rings. The second-order valence-corrected chi connectivity index (χ2v) is 11.4. The summed E-state index contributed by atoms with van der Waals surface area (Å²) < 4.78 is 39.2. The number of hydrogen-bond donors (Lipinski definition) is 1. The number of amides is 3. The van der Waals surface area contributed by atoms with Crippen molar-refractivity contribution in [3.05, 3.63) is 35.4 Å².